The number of hydrogen-bond donors (Lipinski definition) is 9. The van der Waals surface area contributed by atoms with Crippen molar-refractivity contribution in [3.63, 3.8) is 0 Å². The second-order valence-corrected chi connectivity index (χ2v) is 0.693. The van der Waals surface area contributed by atoms with Gasteiger partial charge >= 0.3 is 14.6 Å². The number of hydrogen-bond acceptors (Lipinski definition) is 9. The minimum absolute atomic E-state index is 0. The Morgan fingerprint density at radius 1 is 0.429 bits per heavy atom. The van der Waals surface area contributed by atoms with Crippen molar-refractivity contribution < 1.29 is 30.1 Å². The zero-order chi connectivity index (χ0) is 7.15. The van der Waals surface area contributed by atoms with Gasteiger partial charge in [0.05, 0.1) is 0 Å². The van der Waals surface area contributed by atoms with Gasteiger partial charge in [-0.25, -0.2) is 0 Å². The average molecular weight is 277 g/mol. The first-order chi connectivity index (χ1) is 3.46. The van der Waals surface area contributed by atoms with E-state index in [4.69, 9.17) is 30.1 Å². The smallest absolute Gasteiger partial charge is 0.402 e. The van der Waals surface area contributed by atoms with Crippen LogP contribution in [0.3, 0.4) is 0 Å². The monoisotopic (exact) mass is 277 g/mol. The van der Waals surface area contributed by atoms with E-state index in [2.05, 4.69) is 0 Å². The minimum atomic E-state index is -2.17. The molecular weight excluding hydrogens is 253 g/mol. The maximum atomic E-state index is 7.17. The lowest BCUT2D eigenvalue weighted by atomic mass is 10.3. The Labute approximate surface area is 93.7 Å². The summed E-state index contributed by atoms with van der Waals surface area (Å²) in [4.78, 5) is 0. The molecule has 0 aliphatic rings. The molecule has 14 heavy (non-hydrogen) atoms. The van der Waals surface area contributed by atoms with Gasteiger partial charge in [-0.1, -0.05) is 0 Å². The topological polar surface area (TPSA) is 226 Å². The molecule has 14 heteroatoms. The molecule has 0 rings (SSSR count). The normalized spacial score (nSPS) is 3.86. The van der Waals surface area contributed by atoms with Gasteiger partial charge in [-0.3, -0.25) is 0 Å². The summed E-state index contributed by atoms with van der Waals surface area (Å²) in [5.41, 5.74) is 0. The lowest BCUT2D eigenvalue weighted by molar-refractivity contribution is 0.276. The van der Waals surface area contributed by atoms with E-state index in [0.717, 1.165) is 0 Å². The standard InChI is InChI=1S/2BH3O3.3H3N.3H3P/c2*2-1(3)4;;;;;;/h2*2-4H;6*1H3. The fourth-order valence-electron chi connectivity index (χ4n) is 0. The van der Waals surface area contributed by atoms with Crippen molar-refractivity contribution in [2.45, 2.75) is 0 Å². The average Bonchev–Trinajstić information content (AvgIpc) is 1.25. The fourth-order valence-corrected chi connectivity index (χ4v) is 0. The molecule has 0 aromatic rings. The van der Waals surface area contributed by atoms with Crippen molar-refractivity contribution in [1.29, 1.82) is 0 Å². The molecule has 0 aliphatic heterocycles. The first kappa shape index (κ1) is 59.7. The predicted octanol–water partition coefficient (Wildman–Crippen LogP) is -3.44. The Morgan fingerprint density at radius 2 is 0.429 bits per heavy atom. The minimum Gasteiger partial charge on any atom is -0.402 e. The third-order valence-corrected chi connectivity index (χ3v) is 0. The molecule has 0 fully saturated rings. The van der Waals surface area contributed by atoms with Gasteiger partial charge in [0.25, 0.3) is 0 Å². The summed E-state index contributed by atoms with van der Waals surface area (Å²) in [6, 6.07) is 0. The van der Waals surface area contributed by atoms with Crippen molar-refractivity contribution in [2.75, 3.05) is 0 Å². The quantitative estimate of drug-likeness (QED) is 0.158. The highest BCUT2D eigenvalue weighted by molar-refractivity contribution is 6.92. The lowest BCUT2D eigenvalue weighted by Crippen LogP contribution is -2.07. The van der Waals surface area contributed by atoms with Crippen LogP contribution in [0.5, 0.6) is 0 Å². The first-order valence-corrected chi connectivity index (χ1v) is 1.55. The summed E-state index contributed by atoms with van der Waals surface area (Å²) in [5.74, 6) is 0. The molecule has 3 unspecified atom stereocenters. The molecule has 0 saturated carbocycles. The predicted molar refractivity (Wildman–Crippen MR) is 73.2 cm³/mol. The van der Waals surface area contributed by atoms with Gasteiger partial charge in [-0.05, 0) is 0 Å². The summed E-state index contributed by atoms with van der Waals surface area (Å²) in [6.45, 7) is 0. The summed E-state index contributed by atoms with van der Waals surface area (Å²) in [5, 5.41) is 43.0. The van der Waals surface area contributed by atoms with E-state index >= 15 is 0 Å². The Morgan fingerprint density at radius 3 is 0.429 bits per heavy atom. The van der Waals surface area contributed by atoms with E-state index in [1.54, 1.807) is 0 Å². The summed E-state index contributed by atoms with van der Waals surface area (Å²) in [6.07, 6.45) is 0. The molecule has 0 bridgehead atoms. The van der Waals surface area contributed by atoms with Crippen LogP contribution in [0, 0.1) is 0 Å². The second kappa shape index (κ2) is 48.1. The van der Waals surface area contributed by atoms with E-state index in [1.165, 1.54) is 0 Å². The van der Waals surface area contributed by atoms with Crippen LogP contribution >= 0.6 is 29.7 Å². The third kappa shape index (κ3) is 1690. The highest BCUT2D eigenvalue weighted by atomic mass is 31.0. The van der Waals surface area contributed by atoms with Crippen LogP contribution in [-0.4, -0.2) is 44.8 Å². The molecule has 0 saturated heterocycles. The van der Waals surface area contributed by atoms with Gasteiger partial charge in [0.2, 0.25) is 0 Å². The van der Waals surface area contributed by atoms with Gasteiger partial charge in [0.1, 0.15) is 0 Å². The Balaban J connectivity index is -0.00000000600. The Kier molecular flexibility index (Phi) is 205. The van der Waals surface area contributed by atoms with E-state index in [0.29, 0.717) is 0 Å². The zero-order valence-corrected chi connectivity index (χ0v) is 12.3. The second-order valence-electron chi connectivity index (χ2n) is 0.693. The van der Waals surface area contributed by atoms with Crippen LogP contribution < -0.4 is 18.5 Å². The van der Waals surface area contributed by atoms with Gasteiger partial charge in [0.15, 0.2) is 0 Å². The van der Waals surface area contributed by atoms with Crippen LogP contribution in [0.4, 0.5) is 0 Å². The molecule has 0 spiro atoms. The van der Waals surface area contributed by atoms with Gasteiger partial charge in [-0.2, -0.15) is 29.7 Å². The third-order valence-electron chi connectivity index (χ3n) is 0. The molecule has 0 aromatic heterocycles. The van der Waals surface area contributed by atoms with Crippen molar-refractivity contribution in [2.24, 2.45) is 0 Å². The SMILES string of the molecule is N.N.N.OB(O)O.OB(O)O.P.P.P. The lowest BCUT2D eigenvalue weighted by Gasteiger charge is -1.69. The number of rotatable bonds is 0. The van der Waals surface area contributed by atoms with Gasteiger partial charge in [-0.15, -0.1) is 0 Å². The van der Waals surface area contributed by atoms with E-state index in [-0.39, 0.29) is 48.1 Å². The van der Waals surface area contributed by atoms with Crippen molar-refractivity contribution in [1.82, 2.24) is 18.5 Å². The van der Waals surface area contributed by atoms with Crippen LogP contribution in [0.25, 0.3) is 0 Å². The van der Waals surface area contributed by atoms with Crippen molar-refractivity contribution in [3.8, 4) is 0 Å². The van der Waals surface area contributed by atoms with Crippen LogP contribution in [-0.2, 0) is 0 Å². The molecule has 0 aromatic carbocycles. The first-order valence-electron chi connectivity index (χ1n) is 1.55. The van der Waals surface area contributed by atoms with Crippen LogP contribution in [0.2, 0.25) is 0 Å². The summed E-state index contributed by atoms with van der Waals surface area (Å²) in [7, 11) is -4.33. The molecule has 0 radical (unpaired) electrons. The van der Waals surface area contributed by atoms with Gasteiger partial charge < -0.3 is 48.6 Å². The van der Waals surface area contributed by atoms with Crippen LogP contribution in [0.15, 0.2) is 0 Å². The van der Waals surface area contributed by atoms with E-state index in [9.17, 15) is 0 Å². The van der Waals surface area contributed by atoms with Crippen molar-refractivity contribution in [3.05, 3.63) is 0 Å². The molecule has 96 valence electrons. The fraction of sp³-hybridized carbons (Fsp3) is 0. The van der Waals surface area contributed by atoms with E-state index in [1.807, 2.05) is 0 Å². The maximum absolute atomic E-state index is 7.17. The molecule has 9 nitrogen and oxygen atoms in total. The van der Waals surface area contributed by atoms with E-state index < -0.39 is 14.6 Å². The summed E-state index contributed by atoms with van der Waals surface area (Å²) < 4.78 is 0. The highest BCUT2D eigenvalue weighted by Gasteiger charge is 1.93. The molecule has 0 aliphatic carbocycles. The largest absolute Gasteiger partial charge is 0.631 e. The highest BCUT2D eigenvalue weighted by Crippen LogP contribution is 1.40. The zero-order valence-electron chi connectivity index (χ0n) is 8.08. The van der Waals surface area contributed by atoms with Gasteiger partial charge in [0, 0.05) is 0 Å². The van der Waals surface area contributed by atoms with Crippen molar-refractivity contribution >= 4 is 44.3 Å². The maximum Gasteiger partial charge on any atom is 0.631 e. The molecule has 15 N–H and O–H groups in total. The molecule has 3 atom stereocenters. The Bertz CT molecular complexity index is 41.8. The Hall–Kier alpha value is 1.06. The molecular formula is H24B2N3O6P3. The van der Waals surface area contributed by atoms with Crippen LogP contribution in [0.1, 0.15) is 0 Å². The molecule has 0 amide bonds. The summed E-state index contributed by atoms with van der Waals surface area (Å²) >= 11 is 0. The molecule has 0 heterocycles.